The maximum Gasteiger partial charge on any atom is 0.316 e. The number of benzene rings is 3. The zero-order valence-electron chi connectivity index (χ0n) is 18.3. The van der Waals surface area contributed by atoms with Gasteiger partial charge in [0.2, 0.25) is 5.91 Å². The molecule has 1 saturated heterocycles. The van der Waals surface area contributed by atoms with E-state index in [-0.39, 0.29) is 18.2 Å². The third-order valence-electron chi connectivity index (χ3n) is 5.67. The van der Waals surface area contributed by atoms with Gasteiger partial charge in [-0.1, -0.05) is 66.7 Å². The Bertz CT molecular complexity index is 1120. The zero-order chi connectivity index (χ0) is 23.0. The van der Waals surface area contributed by atoms with E-state index in [1.54, 1.807) is 29.2 Å². The van der Waals surface area contributed by atoms with Gasteiger partial charge < -0.3 is 15.0 Å². The Morgan fingerprint density at radius 2 is 1.61 bits per heavy atom. The van der Waals surface area contributed by atoms with Crippen molar-refractivity contribution in [3.63, 3.8) is 0 Å². The molecule has 6 nitrogen and oxygen atoms in total. The van der Waals surface area contributed by atoms with E-state index in [2.05, 4.69) is 5.32 Å². The van der Waals surface area contributed by atoms with Crippen molar-refractivity contribution >= 4 is 17.8 Å². The lowest BCUT2D eigenvalue weighted by Crippen LogP contribution is -2.29. The molecule has 1 aliphatic heterocycles. The molecule has 1 unspecified atom stereocenters. The number of hydrogen-bond donors (Lipinski definition) is 1. The first kappa shape index (κ1) is 22.3. The van der Waals surface area contributed by atoms with Crippen LogP contribution in [0.1, 0.15) is 27.9 Å². The average molecular weight is 443 g/mol. The van der Waals surface area contributed by atoms with Gasteiger partial charge in [-0.15, -0.1) is 0 Å². The second-order valence-electron chi connectivity index (χ2n) is 8.09. The van der Waals surface area contributed by atoms with Crippen LogP contribution in [0.15, 0.2) is 84.9 Å². The monoisotopic (exact) mass is 442 g/mol. The topological polar surface area (TPSA) is 75.7 Å². The van der Waals surface area contributed by atoms with Crippen molar-refractivity contribution in [2.45, 2.75) is 19.4 Å². The lowest BCUT2D eigenvalue weighted by molar-refractivity contribution is -0.139. The minimum atomic E-state index is -0.510. The highest BCUT2D eigenvalue weighted by Crippen LogP contribution is 2.22. The highest BCUT2D eigenvalue weighted by molar-refractivity contribution is 5.94. The van der Waals surface area contributed by atoms with Gasteiger partial charge in [0.25, 0.3) is 5.91 Å². The number of esters is 1. The lowest BCUT2D eigenvalue weighted by Gasteiger charge is -2.16. The summed E-state index contributed by atoms with van der Waals surface area (Å²) in [6.07, 6.45) is 0.888. The summed E-state index contributed by atoms with van der Waals surface area (Å²) in [5, 5.41) is 2.86. The van der Waals surface area contributed by atoms with Crippen molar-refractivity contribution < 1.29 is 19.1 Å². The first-order valence-electron chi connectivity index (χ1n) is 11.0. The first-order chi connectivity index (χ1) is 16.1. The van der Waals surface area contributed by atoms with Crippen molar-refractivity contribution in [2.75, 3.05) is 13.1 Å². The standard InChI is InChI=1S/C27H26N2O4/c30-25-17-23(19-29(25)15-14-20-8-3-1-4-9-20)27(32)33-24-13-7-12-22(16-24)26(31)28-18-21-10-5-2-6-11-21/h1-13,16,23H,14-15,17-19H2,(H,28,31). The Labute approximate surface area is 193 Å². The quantitative estimate of drug-likeness (QED) is 0.427. The fourth-order valence-corrected chi connectivity index (χ4v) is 3.84. The van der Waals surface area contributed by atoms with Crippen LogP contribution in [0.3, 0.4) is 0 Å². The molecule has 4 rings (SSSR count). The molecular formula is C27H26N2O4. The summed E-state index contributed by atoms with van der Waals surface area (Å²) in [4.78, 5) is 39.2. The largest absolute Gasteiger partial charge is 0.426 e. The SMILES string of the molecule is O=C(NCc1ccccc1)c1cccc(OC(=O)C2CC(=O)N(CCc3ccccc3)C2)c1. The molecule has 0 bridgehead atoms. The second-order valence-corrected chi connectivity index (χ2v) is 8.09. The van der Waals surface area contributed by atoms with E-state index < -0.39 is 11.9 Å². The van der Waals surface area contributed by atoms with E-state index in [1.807, 2.05) is 60.7 Å². The van der Waals surface area contributed by atoms with Crippen LogP contribution >= 0.6 is 0 Å². The maximum atomic E-state index is 12.7. The number of nitrogens with zero attached hydrogens (tertiary/aromatic N) is 1. The fraction of sp³-hybridized carbons (Fsp3) is 0.222. The minimum Gasteiger partial charge on any atom is -0.426 e. The van der Waals surface area contributed by atoms with E-state index in [0.29, 0.717) is 30.9 Å². The lowest BCUT2D eigenvalue weighted by atomic mass is 10.1. The number of hydrogen-bond acceptors (Lipinski definition) is 4. The van der Waals surface area contributed by atoms with Crippen molar-refractivity contribution in [1.29, 1.82) is 0 Å². The molecule has 0 aliphatic carbocycles. The molecule has 6 heteroatoms. The summed E-state index contributed by atoms with van der Waals surface area (Å²) < 4.78 is 5.51. The van der Waals surface area contributed by atoms with E-state index in [4.69, 9.17) is 4.74 Å². The van der Waals surface area contributed by atoms with Crippen LogP contribution in [0.5, 0.6) is 5.75 Å². The fourth-order valence-electron chi connectivity index (χ4n) is 3.84. The molecule has 3 aromatic rings. The molecule has 0 radical (unpaired) electrons. The van der Waals surface area contributed by atoms with Gasteiger partial charge in [-0.3, -0.25) is 14.4 Å². The number of amides is 2. The number of nitrogens with one attached hydrogen (secondary N) is 1. The summed E-state index contributed by atoms with van der Waals surface area (Å²) in [6, 6.07) is 26.1. The van der Waals surface area contributed by atoms with Crippen LogP contribution in [-0.4, -0.2) is 35.8 Å². The van der Waals surface area contributed by atoms with Gasteiger partial charge in [0, 0.05) is 31.6 Å². The van der Waals surface area contributed by atoms with Gasteiger partial charge in [-0.25, -0.2) is 0 Å². The smallest absolute Gasteiger partial charge is 0.316 e. The van der Waals surface area contributed by atoms with Crippen molar-refractivity contribution in [2.24, 2.45) is 5.92 Å². The molecule has 1 N–H and O–H groups in total. The minimum absolute atomic E-state index is 0.0399. The normalized spacial score (nSPS) is 15.3. The molecular weight excluding hydrogens is 416 g/mol. The Morgan fingerprint density at radius 1 is 0.909 bits per heavy atom. The van der Waals surface area contributed by atoms with Gasteiger partial charge in [-0.2, -0.15) is 0 Å². The average Bonchev–Trinajstić information content (AvgIpc) is 3.23. The van der Waals surface area contributed by atoms with E-state index in [1.165, 1.54) is 0 Å². The highest BCUT2D eigenvalue weighted by Gasteiger charge is 2.35. The molecule has 168 valence electrons. The molecule has 0 saturated carbocycles. The van der Waals surface area contributed by atoms with Gasteiger partial charge in [-0.05, 0) is 35.7 Å². The Hall–Kier alpha value is -3.93. The molecule has 0 spiro atoms. The van der Waals surface area contributed by atoms with E-state index >= 15 is 0 Å². The molecule has 1 heterocycles. The van der Waals surface area contributed by atoms with Gasteiger partial charge in [0.05, 0.1) is 5.92 Å². The Kier molecular flexibility index (Phi) is 7.15. The predicted octanol–water partition coefficient (Wildman–Crippen LogP) is 3.61. The van der Waals surface area contributed by atoms with Gasteiger partial charge in [0.1, 0.15) is 5.75 Å². The maximum absolute atomic E-state index is 12.7. The Morgan fingerprint density at radius 3 is 2.33 bits per heavy atom. The molecule has 1 aliphatic rings. The summed E-state index contributed by atoms with van der Waals surface area (Å²) in [7, 11) is 0. The van der Waals surface area contributed by atoms with E-state index in [0.717, 1.165) is 17.5 Å². The number of carbonyl (C=O) groups excluding carboxylic acids is 3. The molecule has 3 aromatic carbocycles. The van der Waals surface area contributed by atoms with Crippen LogP contribution in [-0.2, 0) is 22.6 Å². The van der Waals surface area contributed by atoms with Gasteiger partial charge in [0.15, 0.2) is 0 Å². The zero-order valence-corrected chi connectivity index (χ0v) is 18.3. The van der Waals surface area contributed by atoms with Crippen LogP contribution in [0.4, 0.5) is 0 Å². The number of carbonyl (C=O) groups is 3. The summed E-state index contributed by atoms with van der Waals surface area (Å²) >= 11 is 0. The van der Waals surface area contributed by atoms with Crippen molar-refractivity contribution in [3.05, 3.63) is 102 Å². The van der Waals surface area contributed by atoms with Crippen LogP contribution < -0.4 is 10.1 Å². The molecule has 1 atom stereocenters. The summed E-state index contributed by atoms with van der Waals surface area (Å²) in [6.45, 7) is 1.33. The second kappa shape index (κ2) is 10.6. The third kappa shape index (κ3) is 6.07. The number of likely N-dealkylation sites (tertiary alicyclic amines) is 1. The van der Waals surface area contributed by atoms with Gasteiger partial charge >= 0.3 is 5.97 Å². The van der Waals surface area contributed by atoms with Crippen molar-refractivity contribution in [3.8, 4) is 5.75 Å². The summed E-state index contributed by atoms with van der Waals surface area (Å²) in [5.74, 6) is -0.958. The predicted molar refractivity (Wildman–Crippen MR) is 125 cm³/mol. The molecule has 1 fully saturated rings. The van der Waals surface area contributed by atoms with Crippen LogP contribution in [0, 0.1) is 5.92 Å². The number of ether oxygens (including phenoxy) is 1. The van der Waals surface area contributed by atoms with Crippen LogP contribution in [0.2, 0.25) is 0 Å². The molecule has 2 amide bonds. The number of rotatable bonds is 8. The molecule has 33 heavy (non-hydrogen) atoms. The third-order valence-corrected chi connectivity index (χ3v) is 5.67. The first-order valence-corrected chi connectivity index (χ1v) is 11.0. The highest BCUT2D eigenvalue weighted by atomic mass is 16.5. The van der Waals surface area contributed by atoms with Crippen molar-refractivity contribution in [1.82, 2.24) is 10.2 Å². The van der Waals surface area contributed by atoms with E-state index in [9.17, 15) is 14.4 Å². The summed E-state index contributed by atoms with van der Waals surface area (Å²) in [5.41, 5.74) is 2.55. The Balaban J connectivity index is 1.30. The van der Waals surface area contributed by atoms with Crippen LogP contribution in [0.25, 0.3) is 0 Å². The molecule has 0 aromatic heterocycles.